The topological polar surface area (TPSA) is 29.3 Å². The Hall–Kier alpha value is -0.0800. The Labute approximate surface area is 101 Å². The van der Waals surface area contributed by atoms with Crippen LogP contribution in [0.25, 0.3) is 0 Å². The summed E-state index contributed by atoms with van der Waals surface area (Å²) in [6, 6.07) is 1.27. The average molecular weight is 224 g/mol. The van der Waals surface area contributed by atoms with Gasteiger partial charge < -0.3 is 10.6 Å². The van der Waals surface area contributed by atoms with Crippen LogP contribution in [0.15, 0.2) is 0 Å². The summed E-state index contributed by atoms with van der Waals surface area (Å²) in [6.45, 7) is 7.44. The van der Waals surface area contributed by atoms with Crippen molar-refractivity contribution in [2.45, 2.75) is 64.5 Å². The third-order valence-electron chi connectivity index (χ3n) is 4.82. The molecule has 0 amide bonds. The van der Waals surface area contributed by atoms with Gasteiger partial charge in [-0.3, -0.25) is 0 Å². The molecule has 4 unspecified atom stereocenters. The summed E-state index contributed by atoms with van der Waals surface area (Å²) in [5, 5.41) is 0. The van der Waals surface area contributed by atoms with E-state index in [4.69, 9.17) is 5.73 Å². The number of nitrogens with zero attached hydrogens (tertiary/aromatic N) is 1. The van der Waals surface area contributed by atoms with Gasteiger partial charge in [-0.05, 0) is 57.4 Å². The quantitative estimate of drug-likeness (QED) is 0.781. The summed E-state index contributed by atoms with van der Waals surface area (Å²) in [4.78, 5) is 2.72. The predicted molar refractivity (Wildman–Crippen MR) is 69.4 cm³/mol. The van der Waals surface area contributed by atoms with Crippen molar-refractivity contribution >= 4 is 0 Å². The van der Waals surface area contributed by atoms with E-state index in [0.717, 1.165) is 17.9 Å². The number of nitrogens with two attached hydrogens (primary N) is 1. The van der Waals surface area contributed by atoms with Gasteiger partial charge in [0.2, 0.25) is 0 Å². The molecule has 1 heterocycles. The molecule has 2 heteroatoms. The van der Waals surface area contributed by atoms with Gasteiger partial charge in [0, 0.05) is 18.6 Å². The van der Waals surface area contributed by atoms with E-state index in [0.29, 0.717) is 6.04 Å². The first-order valence-electron chi connectivity index (χ1n) is 7.16. The van der Waals surface area contributed by atoms with Crippen LogP contribution in [-0.2, 0) is 0 Å². The lowest BCUT2D eigenvalue weighted by Crippen LogP contribution is -2.46. The number of likely N-dealkylation sites (tertiary alicyclic amines) is 1. The van der Waals surface area contributed by atoms with E-state index in [1.54, 1.807) is 0 Å². The molecule has 2 rings (SSSR count). The van der Waals surface area contributed by atoms with Crippen LogP contribution in [0.1, 0.15) is 52.4 Å². The maximum absolute atomic E-state index is 6.07. The second-order valence-corrected chi connectivity index (χ2v) is 6.15. The van der Waals surface area contributed by atoms with Crippen molar-refractivity contribution in [3.05, 3.63) is 0 Å². The molecule has 94 valence electrons. The van der Waals surface area contributed by atoms with Crippen molar-refractivity contribution in [1.82, 2.24) is 4.90 Å². The summed E-state index contributed by atoms with van der Waals surface area (Å²) < 4.78 is 0. The lowest BCUT2D eigenvalue weighted by molar-refractivity contribution is 0.0846. The van der Waals surface area contributed by atoms with Crippen molar-refractivity contribution in [3.63, 3.8) is 0 Å². The molecule has 0 aromatic carbocycles. The number of hydrogen-bond acceptors (Lipinski definition) is 2. The summed E-state index contributed by atoms with van der Waals surface area (Å²) in [6.07, 6.45) is 8.08. The highest BCUT2D eigenvalue weighted by Crippen LogP contribution is 2.28. The largest absolute Gasteiger partial charge is 0.328 e. The molecule has 1 aliphatic carbocycles. The minimum Gasteiger partial charge on any atom is -0.328 e. The first kappa shape index (κ1) is 12.4. The normalized spacial score (nSPS) is 42.2. The van der Waals surface area contributed by atoms with Gasteiger partial charge in [0.15, 0.2) is 0 Å². The van der Waals surface area contributed by atoms with Gasteiger partial charge in [0.1, 0.15) is 0 Å². The molecule has 0 bridgehead atoms. The molecule has 0 aromatic rings. The van der Waals surface area contributed by atoms with Gasteiger partial charge >= 0.3 is 0 Å². The fraction of sp³-hybridized carbons (Fsp3) is 1.00. The van der Waals surface area contributed by atoms with Gasteiger partial charge in [0.05, 0.1) is 0 Å². The molecule has 0 radical (unpaired) electrons. The van der Waals surface area contributed by atoms with E-state index in [-0.39, 0.29) is 0 Å². The second-order valence-electron chi connectivity index (χ2n) is 6.15. The molecule has 2 fully saturated rings. The summed E-state index contributed by atoms with van der Waals surface area (Å²) in [5.41, 5.74) is 6.07. The Bertz CT molecular complexity index is 217. The van der Waals surface area contributed by atoms with Crippen LogP contribution in [0.4, 0.5) is 0 Å². The first-order chi connectivity index (χ1) is 7.66. The van der Waals surface area contributed by atoms with Gasteiger partial charge in [-0.2, -0.15) is 0 Å². The van der Waals surface area contributed by atoms with Crippen molar-refractivity contribution < 1.29 is 0 Å². The minimum atomic E-state index is 0.483. The van der Waals surface area contributed by atoms with E-state index in [9.17, 15) is 0 Å². The van der Waals surface area contributed by atoms with E-state index < -0.39 is 0 Å². The Kier molecular flexibility index (Phi) is 4.26. The van der Waals surface area contributed by atoms with Gasteiger partial charge in [0.25, 0.3) is 0 Å². The molecule has 16 heavy (non-hydrogen) atoms. The molecule has 1 saturated heterocycles. The third-order valence-corrected chi connectivity index (χ3v) is 4.82. The van der Waals surface area contributed by atoms with Crippen LogP contribution < -0.4 is 5.73 Å². The summed E-state index contributed by atoms with van der Waals surface area (Å²) >= 11 is 0. The maximum atomic E-state index is 6.07. The van der Waals surface area contributed by atoms with Crippen molar-refractivity contribution in [1.29, 1.82) is 0 Å². The van der Waals surface area contributed by atoms with Crippen molar-refractivity contribution in [2.24, 2.45) is 17.6 Å². The fourth-order valence-corrected chi connectivity index (χ4v) is 3.51. The molecular formula is C14H28N2. The lowest BCUT2D eigenvalue weighted by Gasteiger charge is -2.41. The van der Waals surface area contributed by atoms with Crippen LogP contribution in [0, 0.1) is 11.8 Å². The first-order valence-corrected chi connectivity index (χ1v) is 7.16. The highest BCUT2D eigenvalue weighted by molar-refractivity contribution is 4.83. The highest BCUT2D eigenvalue weighted by Gasteiger charge is 2.28. The van der Waals surface area contributed by atoms with Crippen molar-refractivity contribution in [2.75, 3.05) is 13.1 Å². The Morgan fingerprint density at radius 3 is 2.69 bits per heavy atom. The zero-order valence-electron chi connectivity index (χ0n) is 11.0. The molecule has 0 aromatic heterocycles. The molecule has 2 N–H and O–H groups in total. The summed E-state index contributed by atoms with van der Waals surface area (Å²) in [5.74, 6) is 1.75. The molecule has 4 atom stereocenters. The van der Waals surface area contributed by atoms with Crippen LogP contribution >= 0.6 is 0 Å². The smallest absolute Gasteiger partial charge is 0.00926 e. The van der Waals surface area contributed by atoms with E-state index in [1.165, 1.54) is 51.6 Å². The fourth-order valence-electron chi connectivity index (χ4n) is 3.51. The van der Waals surface area contributed by atoms with E-state index in [1.807, 2.05) is 0 Å². The monoisotopic (exact) mass is 224 g/mol. The molecule has 0 spiro atoms. The number of hydrogen-bond donors (Lipinski definition) is 1. The van der Waals surface area contributed by atoms with E-state index >= 15 is 0 Å². The number of rotatable bonds is 2. The van der Waals surface area contributed by atoms with Gasteiger partial charge in [-0.15, -0.1) is 0 Å². The zero-order chi connectivity index (χ0) is 11.5. The minimum absolute atomic E-state index is 0.483. The van der Waals surface area contributed by atoms with Gasteiger partial charge in [-0.1, -0.05) is 13.3 Å². The molecule has 1 aliphatic heterocycles. The van der Waals surface area contributed by atoms with Crippen molar-refractivity contribution in [3.8, 4) is 0 Å². The standard InChI is InChI=1S/C14H28N2/c1-11-5-4-8-16(12(11)2)10-13-6-3-7-14(15)9-13/h11-14H,3-10,15H2,1-2H3. The van der Waals surface area contributed by atoms with Crippen LogP contribution in [0.3, 0.4) is 0 Å². The molecule has 1 saturated carbocycles. The molecule has 2 nitrogen and oxygen atoms in total. The predicted octanol–water partition coefficient (Wildman–Crippen LogP) is 2.62. The Balaban J connectivity index is 1.83. The lowest BCUT2D eigenvalue weighted by atomic mass is 9.84. The average Bonchev–Trinajstić information content (AvgIpc) is 2.25. The zero-order valence-corrected chi connectivity index (χ0v) is 11.0. The van der Waals surface area contributed by atoms with Crippen LogP contribution in [0.2, 0.25) is 0 Å². The van der Waals surface area contributed by atoms with Gasteiger partial charge in [-0.25, -0.2) is 0 Å². The molecular weight excluding hydrogens is 196 g/mol. The highest BCUT2D eigenvalue weighted by atomic mass is 15.2. The third kappa shape index (κ3) is 2.98. The second kappa shape index (κ2) is 5.50. The van der Waals surface area contributed by atoms with E-state index in [2.05, 4.69) is 18.7 Å². The van der Waals surface area contributed by atoms with Crippen LogP contribution in [-0.4, -0.2) is 30.1 Å². The SMILES string of the molecule is CC1CCCN(CC2CCCC(N)C2)C1C. The Morgan fingerprint density at radius 2 is 1.94 bits per heavy atom. The maximum Gasteiger partial charge on any atom is 0.00926 e. The summed E-state index contributed by atoms with van der Waals surface area (Å²) in [7, 11) is 0. The van der Waals surface area contributed by atoms with Crippen LogP contribution in [0.5, 0.6) is 0 Å². The molecule has 2 aliphatic rings. The Morgan fingerprint density at radius 1 is 1.12 bits per heavy atom. The number of piperidine rings is 1.